The maximum absolute atomic E-state index is 12.3. The van der Waals surface area contributed by atoms with Gasteiger partial charge in [0.15, 0.2) is 6.10 Å². The van der Waals surface area contributed by atoms with Crippen LogP contribution in [0.4, 0.5) is 5.69 Å². The molecule has 2 unspecified atom stereocenters. The first-order valence-electron chi connectivity index (χ1n) is 7.53. The fourth-order valence-electron chi connectivity index (χ4n) is 2.57. The molecule has 1 aromatic rings. The Labute approximate surface area is 129 Å². The lowest BCUT2D eigenvalue weighted by Crippen LogP contribution is -2.45. The van der Waals surface area contributed by atoms with Crippen LogP contribution < -0.4 is 15.4 Å². The number of anilines is 1. The molecule has 6 nitrogen and oxygen atoms in total. The van der Waals surface area contributed by atoms with E-state index in [0.29, 0.717) is 11.4 Å². The second-order valence-electron chi connectivity index (χ2n) is 5.52. The van der Waals surface area contributed by atoms with Crippen LogP contribution in [0.5, 0.6) is 5.75 Å². The van der Waals surface area contributed by atoms with E-state index < -0.39 is 12.1 Å². The van der Waals surface area contributed by atoms with Crippen LogP contribution in [0.1, 0.15) is 44.7 Å². The van der Waals surface area contributed by atoms with Crippen LogP contribution in [0, 0.1) is 0 Å². The molecule has 0 aliphatic carbocycles. The van der Waals surface area contributed by atoms with Crippen molar-refractivity contribution in [3.05, 3.63) is 23.8 Å². The standard InChI is InChI=1S/C16H22N2O4/c1-3-4-12(17)11-5-6-14-13(9-11)18(8-7-15(19)20)16(21)10(2)22-14/h5-6,9-10,12H,3-4,7-8,17H2,1-2H3,(H,19,20). The molecule has 0 saturated heterocycles. The molecule has 2 atom stereocenters. The van der Waals surface area contributed by atoms with Gasteiger partial charge in [0.1, 0.15) is 5.75 Å². The van der Waals surface area contributed by atoms with E-state index in [4.69, 9.17) is 15.6 Å². The monoisotopic (exact) mass is 306 g/mol. The highest BCUT2D eigenvalue weighted by Gasteiger charge is 2.32. The smallest absolute Gasteiger partial charge is 0.305 e. The first kappa shape index (κ1) is 16.3. The summed E-state index contributed by atoms with van der Waals surface area (Å²) in [7, 11) is 0. The lowest BCUT2D eigenvalue weighted by atomic mass is 10.0. The zero-order valence-corrected chi connectivity index (χ0v) is 12.9. The third-order valence-electron chi connectivity index (χ3n) is 3.77. The zero-order chi connectivity index (χ0) is 16.3. The van der Waals surface area contributed by atoms with Gasteiger partial charge in [-0.1, -0.05) is 19.4 Å². The summed E-state index contributed by atoms with van der Waals surface area (Å²) in [5, 5.41) is 8.87. The lowest BCUT2D eigenvalue weighted by Gasteiger charge is -2.33. The summed E-state index contributed by atoms with van der Waals surface area (Å²) in [4.78, 5) is 24.6. The molecule has 0 bridgehead atoms. The average molecular weight is 306 g/mol. The summed E-state index contributed by atoms with van der Waals surface area (Å²) < 4.78 is 5.60. The fourth-order valence-corrected chi connectivity index (χ4v) is 2.57. The molecular formula is C16H22N2O4. The summed E-state index contributed by atoms with van der Waals surface area (Å²) in [5.41, 5.74) is 7.66. The minimum Gasteiger partial charge on any atom is -0.481 e. The van der Waals surface area contributed by atoms with Gasteiger partial charge >= 0.3 is 5.97 Å². The number of aliphatic carboxylic acids is 1. The Morgan fingerprint density at radius 2 is 2.23 bits per heavy atom. The van der Waals surface area contributed by atoms with Gasteiger partial charge in [-0.05, 0) is 31.0 Å². The van der Waals surface area contributed by atoms with Crippen LogP contribution in [0.3, 0.4) is 0 Å². The first-order valence-corrected chi connectivity index (χ1v) is 7.53. The Bertz CT molecular complexity index is 573. The largest absolute Gasteiger partial charge is 0.481 e. The van der Waals surface area contributed by atoms with Crippen LogP contribution in [0.25, 0.3) is 0 Å². The van der Waals surface area contributed by atoms with Gasteiger partial charge < -0.3 is 20.5 Å². The number of fused-ring (bicyclic) bond motifs is 1. The van der Waals surface area contributed by atoms with E-state index in [1.54, 1.807) is 13.0 Å². The second-order valence-corrected chi connectivity index (χ2v) is 5.52. The molecule has 0 saturated carbocycles. The van der Waals surface area contributed by atoms with Gasteiger partial charge in [0, 0.05) is 12.6 Å². The Balaban J connectivity index is 2.34. The Morgan fingerprint density at radius 1 is 1.50 bits per heavy atom. The summed E-state index contributed by atoms with van der Waals surface area (Å²) in [6.45, 7) is 3.85. The Kier molecular flexibility index (Phi) is 5.03. The van der Waals surface area contributed by atoms with Crippen molar-refractivity contribution in [1.82, 2.24) is 0 Å². The molecule has 3 N–H and O–H groups in total. The molecule has 0 radical (unpaired) electrons. The number of carboxylic acid groups (broad SMARTS) is 1. The van der Waals surface area contributed by atoms with Crippen molar-refractivity contribution in [3.8, 4) is 5.75 Å². The molecule has 1 aliphatic heterocycles. The number of amides is 1. The molecule has 0 aromatic heterocycles. The molecule has 0 spiro atoms. The SMILES string of the molecule is CCCC(N)c1ccc2c(c1)N(CCC(=O)O)C(=O)C(C)O2. The van der Waals surface area contributed by atoms with Crippen LogP contribution in [0.15, 0.2) is 18.2 Å². The van der Waals surface area contributed by atoms with Gasteiger partial charge in [0.2, 0.25) is 0 Å². The number of carbonyl (C=O) groups excluding carboxylic acids is 1. The quantitative estimate of drug-likeness (QED) is 0.839. The maximum Gasteiger partial charge on any atom is 0.305 e. The van der Waals surface area contributed by atoms with E-state index in [2.05, 4.69) is 6.92 Å². The summed E-state index contributed by atoms with van der Waals surface area (Å²) in [6, 6.07) is 5.43. The third-order valence-corrected chi connectivity index (χ3v) is 3.77. The maximum atomic E-state index is 12.3. The van der Waals surface area contributed by atoms with Gasteiger partial charge in [0.25, 0.3) is 5.91 Å². The van der Waals surface area contributed by atoms with Gasteiger partial charge in [-0.2, -0.15) is 0 Å². The number of carboxylic acids is 1. The van der Waals surface area contributed by atoms with E-state index >= 15 is 0 Å². The molecule has 0 fully saturated rings. The number of carbonyl (C=O) groups is 2. The van der Waals surface area contributed by atoms with Crippen molar-refractivity contribution >= 4 is 17.6 Å². The molecule has 1 amide bonds. The molecule has 6 heteroatoms. The molecule has 120 valence electrons. The van der Waals surface area contributed by atoms with Gasteiger partial charge in [-0.25, -0.2) is 0 Å². The van der Waals surface area contributed by atoms with Gasteiger partial charge in [-0.15, -0.1) is 0 Å². The van der Waals surface area contributed by atoms with E-state index in [-0.39, 0.29) is 24.9 Å². The van der Waals surface area contributed by atoms with Crippen LogP contribution in [-0.4, -0.2) is 29.6 Å². The Hall–Kier alpha value is -2.08. The van der Waals surface area contributed by atoms with Crippen molar-refractivity contribution < 1.29 is 19.4 Å². The summed E-state index contributed by atoms with van der Waals surface area (Å²) in [5.74, 6) is -0.577. The minimum atomic E-state index is -0.938. The van der Waals surface area contributed by atoms with Crippen molar-refractivity contribution in [2.45, 2.75) is 45.3 Å². The van der Waals surface area contributed by atoms with E-state index in [9.17, 15) is 9.59 Å². The normalized spacial score (nSPS) is 18.6. The van der Waals surface area contributed by atoms with E-state index in [1.165, 1.54) is 4.90 Å². The van der Waals surface area contributed by atoms with Crippen LogP contribution >= 0.6 is 0 Å². The van der Waals surface area contributed by atoms with E-state index in [1.807, 2.05) is 12.1 Å². The molecule has 1 aromatic carbocycles. The average Bonchev–Trinajstić information content (AvgIpc) is 2.47. The molecule has 1 aliphatic rings. The number of ether oxygens (including phenoxy) is 1. The number of nitrogens with zero attached hydrogens (tertiary/aromatic N) is 1. The van der Waals surface area contributed by atoms with Crippen molar-refractivity contribution in [3.63, 3.8) is 0 Å². The number of benzene rings is 1. The molecule has 1 heterocycles. The van der Waals surface area contributed by atoms with Crippen molar-refractivity contribution in [2.24, 2.45) is 5.73 Å². The first-order chi connectivity index (χ1) is 10.4. The lowest BCUT2D eigenvalue weighted by molar-refractivity contribution is -0.136. The van der Waals surface area contributed by atoms with Gasteiger partial charge in [0.05, 0.1) is 12.1 Å². The molecule has 2 rings (SSSR count). The molecule has 22 heavy (non-hydrogen) atoms. The predicted octanol–water partition coefficient (Wildman–Crippen LogP) is 2.08. The fraction of sp³-hybridized carbons (Fsp3) is 0.500. The molecular weight excluding hydrogens is 284 g/mol. The summed E-state index contributed by atoms with van der Waals surface area (Å²) in [6.07, 6.45) is 1.09. The zero-order valence-electron chi connectivity index (χ0n) is 12.9. The highest BCUT2D eigenvalue weighted by atomic mass is 16.5. The Morgan fingerprint density at radius 3 is 2.86 bits per heavy atom. The van der Waals surface area contributed by atoms with Crippen LogP contribution in [0.2, 0.25) is 0 Å². The topological polar surface area (TPSA) is 92.9 Å². The second kappa shape index (κ2) is 6.79. The third kappa shape index (κ3) is 3.39. The van der Waals surface area contributed by atoms with Crippen molar-refractivity contribution in [2.75, 3.05) is 11.4 Å². The van der Waals surface area contributed by atoms with Crippen molar-refractivity contribution in [1.29, 1.82) is 0 Å². The van der Waals surface area contributed by atoms with Crippen LogP contribution in [-0.2, 0) is 9.59 Å². The number of rotatable bonds is 6. The highest BCUT2D eigenvalue weighted by Crippen LogP contribution is 2.36. The minimum absolute atomic E-state index is 0.105. The predicted molar refractivity (Wildman–Crippen MR) is 83.0 cm³/mol. The summed E-state index contributed by atoms with van der Waals surface area (Å²) >= 11 is 0. The van der Waals surface area contributed by atoms with E-state index in [0.717, 1.165) is 18.4 Å². The van der Waals surface area contributed by atoms with Gasteiger partial charge in [-0.3, -0.25) is 9.59 Å². The highest BCUT2D eigenvalue weighted by molar-refractivity contribution is 6.00. The number of hydrogen-bond donors (Lipinski definition) is 2. The number of hydrogen-bond acceptors (Lipinski definition) is 4. The number of nitrogens with two attached hydrogens (primary N) is 1.